The van der Waals surface area contributed by atoms with Crippen LogP contribution in [-0.4, -0.2) is 47.9 Å². The Morgan fingerprint density at radius 2 is 2.09 bits per heavy atom. The maximum absolute atomic E-state index is 13.1. The molecule has 120 valence electrons. The number of halogens is 1. The Labute approximate surface area is 136 Å². The Balaban J connectivity index is 1.67. The van der Waals surface area contributed by atoms with Crippen LogP contribution in [0.2, 0.25) is 0 Å². The van der Waals surface area contributed by atoms with Crippen LogP contribution in [-0.2, 0) is 0 Å². The van der Waals surface area contributed by atoms with Crippen molar-refractivity contribution in [1.82, 2.24) is 15.2 Å². The zero-order chi connectivity index (χ0) is 16.2. The summed E-state index contributed by atoms with van der Waals surface area (Å²) < 4.78 is 13.1. The molecular formula is C15H15FN4O2S. The van der Waals surface area contributed by atoms with Crippen molar-refractivity contribution in [3.8, 4) is 0 Å². The van der Waals surface area contributed by atoms with Crippen molar-refractivity contribution in [2.24, 2.45) is 0 Å². The monoisotopic (exact) mass is 334 g/mol. The van der Waals surface area contributed by atoms with Gasteiger partial charge in [0.25, 0.3) is 11.8 Å². The van der Waals surface area contributed by atoms with E-state index < -0.39 is 11.7 Å². The highest BCUT2D eigenvalue weighted by molar-refractivity contribution is 7.14. The van der Waals surface area contributed by atoms with Crippen molar-refractivity contribution >= 4 is 28.3 Å². The summed E-state index contributed by atoms with van der Waals surface area (Å²) in [5.41, 5.74) is 0.515. The summed E-state index contributed by atoms with van der Waals surface area (Å²) in [5, 5.41) is 7.69. The van der Waals surface area contributed by atoms with Gasteiger partial charge in [0.15, 0.2) is 5.13 Å². The summed E-state index contributed by atoms with van der Waals surface area (Å²) in [7, 11) is 0. The lowest BCUT2D eigenvalue weighted by molar-refractivity contribution is 0.0730. The predicted octanol–water partition coefficient (Wildman–Crippen LogP) is 1.58. The summed E-state index contributed by atoms with van der Waals surface area (Å²) in [6.45, 7) is 2.81. The van der Waals surface area contributed by atoms with Gasteiger partial charge >= 0.3 is 0 Å². The highest BCUT2D eigenvalue weighted by Crippen LogP contribution is 2.18. The lowest BCUT2D eigenvalue weighted by Gasteiger charge is -2.26. The molecule has 6 nitrogen and oxygen atoms in total. The third kappa shape index (κ3) is 3.72. The van der Waals surface area contributed by atoms with Crippen LogP contribution >= 0.6 is 11.3 Å². The van der Waals surface area contributed by atoms with E-state index in [1.165, 1.54) is 29.5 Å². The summed E-state index contributed by atoms with van der Waals surface area (Å²) in [5.74, 6) is -1.08. The van der Waals surface area contributed by atoms with Crippen LogP contribution in [0.4, 0.5) is 9.52 Å². The van der Waals surface area contributed by atoms with Crippen molar-refractivity contribution in [2.45, 2.75) is 0 Å². The number of hydrogen-bond acceptors (Lipinski definition) is 5. The molecule has 2 amide bonds. The molecule has 0 bridgehead atoms. The van der Waals surface area contributed by atoms with E-state index in [1.54, 1.807) is 10.3 Å². The number of anilines is 1. The minimum Gasteiger partial charge on any atom is -0.335 e. The number of thiazole rings is 1. The molecule has 2 heterocycles. The lowest BCUT2D eigenvalue weighted by Crippen LogP contribution is -2.46. The van der Waals surface area contributed by atoms with Gasteiger partial charge in [-0.05, 0) is 18.2 Å². The molecule has 0 saturated carbocycles. The molecular weight excluding hydrogens is 319 g/mol. The van der Waals surface area contributed by atoms with Crippen LogP contribution in [0.5, 0.6) is 0 Å². The quantitative estimate of drug-likeness (QED) is 0.894. The van der Waals surface area contributed by atoms with Gasteiger partial charge in [-0.1, -0.05) is 6.07 Å². The molecule has 8 heteroatoms. The summed E-state index contributed by atoms with van der Waals surface area (Å²) >= 11 is 1.17. The zero-order valence-corrected chi connectivity index (χ0v) is 13.0. The fourth-order valence-corrected chi connectivity index (χ4v) is 2.94. The van der Waals surface area contributed by atoms with Crippen LogP contribution in [0, 0.1) is 5.82 Å². The van der Waals surface area contributed by atoms with E-state index >= 15 is 0 Å². The standard InChI is InChI=1S/C15H15FN4O2S/c16-11-3-1-2-10(8-11)13(21)19-15-18-12(9-23-15)14(22)20-6-4-17-5-7-20/h1-3,8-9,17H,4-7H2,(H,18,19,21). The second-order valence-electron chi connectivity index (χ2n) is 5.04. The van der Waals surface area contributed by atoms with Crippen molar-refractivity contribution in [3.05, 3.63) is 46.7 Å². The predicted molar refractivity (Wildman–Crippen MR) is 85.2 cm³/mol. The highest BCUT2D eigenvalue weighted by atomic mass is 32.1. The molecule has 1 aromatic heterocycles. The minimum atomic E-state index is -0.480. The summed E-state index contributed by atoms with van der Waals surface area (Å²) in [6, 6.07) is 5.39. The Morgan fingerprint density at radius 1 is 1.30 bits per heavy atom. The summed E-state index contributed by atoms with van der Waals surface area (Å²) in [4.78, 5) is 30.2. The van der Waals surface area contributed by atoms with Gasteiger partial charge in [-0.25, -0.2) is 9.37 Å². The number of rotatable bonds is 3. The molecule has 1 fully saturated rings. The van der Waals surface area contributed by atoms with Crippen LogP contribution in [0.15, 0.2) is 29.6 Å². The average molecular weight is 334 g/mol. The first-order chi connectivity index (χ1) is 11.1. The third-order valence-electron chi connectivity index (χ3n) is 3.43. The molecule has 2 aromatic rings. The van der Waals surface area contributed by atoms with Gasteiger partial charge in [0.2, 0.25) is 0 Å². The largest absolute Gasteiger partial charge is 0.335 e. The van der Waals surface area contributed by atoms with Crippen LogP contribution in [0.1, 0.15) is 20.8 Å². The first-order valence-electron chi connectivity index (χ1n) is 7.16. The molecule has 0 spiro atoms. The molecule has 0 atom stereocenters. The average Bonchev–Trinajstić information content (AvgIpc) is 3.03. The molecule has 3 rings (SSSR count). The Bertz CT molecular complexity index is 728. The van der Waals surface area contributed by atoms with Crippen LogP contribution in [0.3, 0.4) is 0 Å². The maximum atomic E-state index is 13.1. The van der Waals surface area contributed by atoms with E-state index in [0.717, 1.165) is 19.2 Å². The first kappa shape index (κ1) is 15.6. The van der Waals surface area contributed by atoms with Gasteiger partial charge in [-0.3, -0.25) is 14.9 Å². The molecule has 0 unspecified atom stereocenters. The van der Waals surface area contributed by atoms with Crippen molar-refractivity contribution in [1.29, 1.82) is 0 Å². The van der Waals surface area contributed by atoms with Gasteiger partial charge in [0.05, 0.1) is 0 Å². The second kappa shape index (κ2) is 6.84. The molecule has 2 N–H and O–H groups in total. The van der Waals surface area contributed by atoms with Gasteiger partial charge in [-0.2, -0.15) is 0 Å². The molecule has 1 aliphatic rings. The van der Waals surface area contributed by atoms with Crippen LogP contribution in [0.25, 0.3) is 0 Å². The molecule has 23 heavy (non-hydrogen) atoms. The first-order valence-corrected chi connectivity index (χ1v) is 8.04. The Kier molecular flexibility index (Phi) is 4.63. The van der Waals surface area contributed by atoms with Gasteiger partial charge < -0.3 is 10.2 Å². The van der Waals surface area contributed by atoms with Crippen molar-refractivity contribution < 1.29 is 14.0 Å². The number of carbonyl (C=O) groups excluding carboxylic acids is 2. The number of aromatic nitrogens is 1. The molecule has 1 aliphatic heterocycles. The van der Waals surface area contributed by atoms with Gasteiger partial charge in [-0.15, -0.1) is 11.3 Å². The Morgan fingerprint density at radius 3 is 2.83 bits per heavy atom. The number of carbonyl (C=O) groups is 2. The smallest absolute Gasteiger partial charge is 0.273 e. The SMILES string of the molecule is O=C(Nc1nc(C(=O)N2CCNCC2)cs1)c1cccc(F)c1. The number of hydrogen-bond donors (Lipinski definition) is 2. The Hall–Kier alpha value is -2.32. The van der Waals surface area contributed by atoms with Gasteiger partial charge in [0.1, 0.15) is 11.5 Å². The molecule has 1 aromatic carbocycles. The van der Waals surface area contributed by atoms with E-state index in [4.69, 9.17) is 0 Å². The number of piperazine rings is 1. The number of nitrogens with one attached hydrogen (secondary N) is 2. The number of nitrogens with zero attached hydrogens (tertiary/aromatic N) is 2. The number of benzene rings is 1. The second-order valence-corrected chi connectivity index (χ2v) is 5.90. The maximum Gasteiger partial charge on any atom is 0.273 e. The molecule has 1 saturated heterocycles. The fourth-order valence-electron chi connectivity index (χ4n) is 2.26. The van der Waals surface area contributed by atoms with Crippen molar-refractivity contribution in [2.75, 3.05) is 31.5 Å². The topological polar surface area (TPSA) is 74.3 Å². The lowest BCUT2D eigenvalue weighted by atomic mass is 10.2. The highest BCUT2D eigenvalue weighted by Gasteiger charge is 2.21. The van der Waals surface area contributed by atoms with Gasteiger partial charge in [0, 0.05) is 37.1 Å². The molecule has 0 radical (unpaired) electrons. The van der Waals surface area contributed by atoms with Crippen LogP contribution < -0.4 is 10.6 Å². The van der Waals surface area contributed by atoms with E-state index in [0.29, 0.717) is 23.9 Å². The minimum absolute atomic E-state index is 0.144. The van der Waals surface area contributed by atoms with E-state index in [2.05, 4.69) is 15.6 Å². The zero-order valence-electron chi connectivity index (χ0n) is 12.2. The third-order valence-corrected chi connectivity index (χ3v) is 4.19. The van der Waals surface area contributed by atoms with E-state index in [-0.39, 0.29) is 11.5 Å². The fraction of sp³-hybridized carbons (Fsp3) is 0.267. The number of amides is 2. The van der Waals surface area contributed by atoms with E-state index in [9.17, 15) is 14.0 Å². The van der Waals surface area contributed by atoms with E-state index in [1.807, 2.05) is 0 Å². The normalized spacial score (nSPS) is 14.6. The van der Waals surface area contributed by atoms with Crippen molar-refractivity contribution in [3.63, 3.8) is 0 Å². The molecule has 0 aliphatic carbocycles. The summed E-state index contributed by atoms with van der Waals surface area (Å²) in [6.07, 6.45) is 0.